The summed E-state index contributed by atoms with van der Waals surface area (Å²) in [5, 5.41) is 1.78. The van der Waals surface area contributed by atoms with E-state index in [0.717, 1.165) is 16.4 Å². The molecule has 3 unspecified atom stereocenters. The molecule has 1 aliphatic heterocycles. The summed E-state index contributed by atoms with van der Waals surface area (Å²) in [6, 6.07) is 0. The van der Waals surface area contributed by atoms with Gasteiger partial charge in [0.1, 0.15) is 0 Å². The van der Waals surface area contributed by atoms with E-state index in [4.69, 9.17) is 0 Å². The van der Waals surface area contributed by atoms with E-state index < -0.39 is 0 Å². The zero-order valence-corrected chi connectivity index (χ0v) is 10.6. The Bertz CT molecular complexity index is 157. The van der Waals surface area contributed by atoms with Gasteiger partial charge < -0.3 is 0 Å². The maximum absolute atomic E-state index is 2.39. The van der Waals surface area contributed by atoms with E-state index in [1.54, 1.807) is 0 Å². The number of hydrogen-bond acceptors (Lipinski definition) is 1. The first-order valence-electron chi connectivity index (χ1n) is 5.60. The van der Waals surface area contributed by atoms with Crippen LogP contribution in [-0.2, 0) is 0 Å². The van der Waals surface area contributed by atoms with Crippen LogP contribution in [0, 0.1) is 11.3 Å². The fourth-order valence-corrected chi connectivity index (χ4v) is 4.25. The molecule has 3 atom stereocenters. The van der Waals surface area contributed by atoms with Crippen molar-refractivity contribution in [3.05, 3.63) is 0 Å². The Hall–Kier alpha value is 0.350. The predicted molar refractivity (Wildman–Crippen MR) is 63.3 cm³/mol. The lowest BCUT2D eigenvalue weighted by atomic mass is 9.80. The smallest absolute Gasteiger partial charge is 0.0127 e. The third-order valence-corrected chi connectivity index (χ3v) is 5.00. The topological polar surface area (TPSA) is 0 Å². The molecule has 0 bridgehead atoms. The van der Waals surface area contributed by atoms with Crippen LogP contribution in [0.2, 0.25) is 0 Å². The lowest BCUT2D eigenvalue weighted by Gasteiger charge is -2.31. The third kappa shape index (κ3) is 2.90. The SMILES string of the molecule is CCCC1CC(C)SC1C(C)(C)C. The van der Waals surface area contributed by atoms with Crippen LogP contribution in [0.5, 0.6) is 0 Å². The van der Waals surface area contributed by atoms with Gasteiger partial charge in [0.25, 0.3) is 0 Å². The summed E-state index contributed by atoms with van der Waals surface area (Å²) in [6.07, 6.45) is 4.23. The summed E-state index contributed by atoms with van der Waals surface area (Å²) in [5.74, 6) is 0.977. The highest BCUT2D eigenvalue weighted by molar-refractivity contribution is 8.00. The van der Waals surface area contributed by atoms with Gasteiger partial charge >= 0.3 is 0 Å². The molecule has 0 saturated carbocycles. The minimum atomic E-state index is 0.495. The molecule has 0 aromatic carbocycles. The normalized spacial score (nSPS) is 35.3. The van der Waals surface area contributed by atoms with Crippen LogP contribution < -0.4 is 0 Å². The van der Waals surface area contributed by atoms with Crippen LogP contribution >= 0.6 is 11.8 Å². The van der Waals surface area contributed by atoms with E-state index in [-0.39, 0.29) is 0 Å². The van der Waals surface area contributed by atoms with Crippen LogP contribution in [0.1, 0.15) is 53.9 Å². The van der Waals surface area contributed by atoms with Crippen LogP contribution in [0.15, 0.2) is 0 Å². The first-order valence-corrected chi connectivity index (χ1v) is 6.55. The van der Waals surface area contributed by atoms with Gasteiger partial charge in [-0.25, -0.2) is 0 Å². The molecule has 1 aliphatic rings. The van der Waals surface area contributed by atoms with Gasteiger partial charge in [-0.2, -0.15) is 11.8 Å². The van der Waals surface area contributed by atoms with E-state index in [2.05, 4.69) is 46.4 Å². The van der Waals surface area contributed by atoms with Gasteiger partial charge in [0, 0.05) is 10.5 Å². The second-order valence-corrected chi connectivity index (χ2v) is 7.10. The fraction of sp³-hybridized carbons (Fsp3) is 1.00. The van der Waals surface area contributed by atoms with Crippen molar-refractivity contribution in [1.29, 1.82) is 0 Å². The van der Waals surface area contributed by atoms with Gasteiger partial charge in [-0.3, -0.25) is 0 Å². The average molecular weight is 200 g/mol. The highest BCUT2D eigenvalue weighted by Crippen LogP contribution is 2.48. The maximum Gasteiger partial charge on any atom is 0.0127 e. The molecule has 13 heavy (non-hydrogen) atoms. The van der Waals surface area contributed by atoms with Crippen molar-refractivity contribution in [1.82, 2.24) is 0 Å². The second-order valence-electron chi connectivity index (χ2n) is 5.52. The number of hydrogen-bond donors (Lipinski definition) is 0. The van der Waals surface area contributed by atoms with E-state index >= 15 is 0 Å². The van der Waals surface area contributed by atoms with Crippen molar-refractivity contribution in [2.24, 2.45) is 11.3 Å². The van der Waals surface area contributed by atoms with E-state index in [0.29, 0.717) is 5.41 Å². The third-order valence-electron chi connectivity index (χ3n) is 2.95. The molecule has 0 spiro atoms. The quantitative estimate of drug-likeness (QED) is 0.639. The van der Waals surface area contributed by atoms with Gasteiger partial charge in [-0.1, -0.05) is 41.0 Å². The summed E-state index contributed by atoms with van der Waals surface area (Å²) < 4.78 is 0. The molecule has 0 aliphatic carbocycles. The molecule has 0 aromatic heterocycles. The summed E-state index contributed by atoms with van der Waals surface area (Å²) in [4.78, 5) is 0. The van der Waals surface area contributed by atoms with Gasteiger partial charge in [0.15, 0.2) is 0 Å². The Morgan fingerprint density at radius 2 is 1.92 bits per heavy atom. The zero-order valence-electron chi connectivity index (χ0n) is 9.76. The molecule has 1 fully saturated rings. The molecular weight excluding hydrogens is 176 g/mol. The molecule has 0 N–H and O–H groups in total. The van der Waals surface area contributed by atoms with Crippen molar-refractivity contribution in [2.75, 3.05) is 0 Å². The largest absolute Gasteiger partial charge is 0.155 e. The Kier molecular flexibility index (Phi) is 3.73. The molecule has 0 radical (unpaired) electrons. The van der Waals surface area contributed by atoms with Crippen LogP contribution in [0.3, 0.4) is 0 Å². The highest BCUT2D eigenvalue weighted by Gasteiger charge is 2.38. The molecule has 0 nitrogen and oxygen atoms in total. The van der Waals surface area contributed by atoms with Crippen LogP contribution in [0.4, 0.5) is 0 Å². The van der Waals surface area contributed by atoms with Crippen molar-refractivity contribution in [3.8, 4) is 0 Å². The Morgan fingerprint density at radius 3 is 2.38 bits per heavy atom. The Morgan fingerprint density at radius 1 is 1.31 bits per heavy atom. The van der Waals surface area contributed by atoms with Gasteiger partial charge in [0.05, 0.1) is 0 Å². The monoisotopic (exact) mass is 200 g/mol. The molecule has 1 heterocycles. The van der Waals surface area contributed by atoms with Gasteiger partial charge in [-0.15, -0.1) is 0 Å². The lowest BCUT2D eigenvalue weighted by molar-refractivity contribution is 0.300. The second kappa shape index (κ2) is 4.25. The Labute approximate surface area is 87.9 Å². The van der Waals surface area contributed by atoms with Gasteiger partial charge in [0.2, 0.25) is 0 Å². The van der Waals surface area contributed by atoms with Crippen molar-refractivity contribution in [3.63, 3.8) is 0 Å². The average Bonchev–Trinajstić information content (AvgIpc) is 2.30. The van der Waals surface area contributed by atoms with Crippen molar-refractivity contribution in [2.45, 2.75) is 64.4 Å². The maximum atomic E-state index is 2.39. The number of thioether (sulfide) groups is 1. The summed E-state index contributed by atoms with van der Waals surface area (Å²) in [5.41, 5.74) is 0.495. The summed E-state index contributed by atoms with van der Waals surface area (Å²) in [7, 11) is 0. The van der Waals surface area contributed by atoms with E-state index in [9.17, 15) is 0 Å². The molecule has 1 heteroatoms. The minimum absolute atomic E-state index is 0.495. The van der Waals surface area contributed by atoms with Crippen LogP contribution in [-0.4, -0.2) is 10.5 Å². The van der Waals surface area contributed by atoms with E-state index in [1.165, 1.54) is 19.3 Å². The van der Waals surface area contributed by atoms with Crippen LogP contribution in [0.25, 0.3) is 0 Å². The standard InChI is InChI=1S/C12H24S/c1-6-7-10-8-9(2)13-11(10)12(3,4)5/h9-11H,6-8H2,1-5H3. The van der Waals surface area contributed by atoms with Crippen molar-refractivity contribution < 1.29 is 0 Å². The predicted octanol–water partition coefficient (Wildman–Crippen LogP) is 4.34. The van der Waals surface area contributed by atoms with Gasteiger partial charge in [-0.05, 0) is 24.2 Å². The molecular formula is C12H24S. The summed E-state index contributed by atoms with van der Waals surface area (Å²) in [6.45, 7) is 11.9. The molecule has 0 amide bonds. The summed E-state index contributed by atoms with van der Waals surface area (Å²) >= 11 is 2.22. The first kappa shape index (κ1) is 11.4. The fourth-order valence-electron chi connectivity index (χ4n) is 2.52. The minimum Gasteiger partial charge on any atom is -0.155 e. The lowest BCUT2D eigenvalue weighted by Crippen LogP contribution is -2.27. The molecule has 78 valence electrons. The molecule has 0 aromatic rings. The zero-order chi connectivity index (χ0) is 10.1. The highest BCUT2D eigenvalue weighted by atomic mass is 32.2. The Balaban J connectivity index is 2.60. The van der Waals surface area contributed by atoms with Crippen molar-refractivity contribution >= 4 is 11.8 Å². The number of rotatable bonds is 2. The molecule has 1 saturated heterocycles. The van der Waals surface area contributed by atoms with E-state index in [1.807, 2.05) is 0 Å². The first-order chi connectivity index (χ1) is 5.95. The molecule has 1 rings (SSSR count).